The van der Waals surface area contributed by atoms with E-state index in [1.165, 1.54) is 11.4 Å². The van der Waals surface area contributed by atoms with Crippen LogP contribution in [0.2, 0.25) is 0 Å². The van der Waals surface area contributed by atoms with Gasteiger partial charge in [-0.15, -0.1) is 0 Å². The summed E-state index contributed by atoms with van der Waals surface area (Å²) in [7, 11) is -0.238. The third-order valence-electron chi connectivity index (χ3n) is 3.99. The van der Waals surface area contributed by atoms with Gasteiger partial charge in [-0.2, -0.15) is 0 Å². The molecular formula is C19H24N2O5S. The SMILES string of the molecule is CCS(=O)(=O)N(C)c1ccc(C(=O)NCCOc2ccc(OC)cc2)cc1. The molecule has 0 unspecified atom stereocenters. The number of benzene rings is 2. The zero-order chi connectivity index (χ0) is 19.9. The monoisotopic (exact) mass is 392 g/mol. The van der Waals surface area contributed by atoms with E-state index in [4.69, 9.17) is 9.47 Å². The molecule has 1 amide bonds. The van der Waals surface area contributed by atoms with Crippen LogP contribution in [0.5, 0.6) is 11.5 Å². The Bertz CT molecular complexity index is 849. The summed E-state index contributed by atoms with van der Waals surface area (Å²) in [5.41, 5.74) is 0.960. The van der Waals surface area contributed by atoms with Gasteiger partial charge < -0.3 is 14.8 Å². The fraction of sp³-hybridized carbons (Fsp3) is 0.316. The molecule has 0 saturated heterocycles. The van der Waals surface area contributed by atoms with Gasteiger partial charge in [0.15, 0.2) is 0 Å². The molecule has 146 valence electrons. The predicted octanol–water partition coefficient (Wildman–Crippen LogP) is 2.29. The lowest BCUT2D eigenvalue weighted by Crippen LogP contribution is -2.29. The number of hydrogen-bond donors (Lipinski definition) is 1. The molecule has 0 aliphatic heterocycles. The van der Waals surface area contributed by atoms with Crippen LogP contribution < -0.4 is 19.1 Å². The van der Waals surface area contributed by atoms with Gasteiger partial charge in [-0.05, 0) is 55.5 Å². The molecule has 8 heteroatoms. The van der Waals surface area contributed by atoms with Gasteiger partial charge in [-0.25, -0.2) is 8.42 Å². The third kappa shape index (κ3) is 5.62. The number of hydrogen-bond acceptors (Lipinski definition) is 5. The fourth-order valence-electron chi connectivity index (χ4n) is 2.28. The van der Waals surface area contributed by atoms with E-state index in [9.17, 15) is 13.2 Å². The Morgan fingerprint density at radius 3 is 2.19 bits per heavy atom. The summed E-state index contributed by atoms with van der Waals surface area (Å²) in [5.74, 6) is 1.20. The van der Waals surface area contributed by atoms with E-state index in [1.54, 1.807) is 62.6 Å². The molecule has 27 heavy (non-hydrogen) atoms. The zero-order valence-electron chi connectivity index (χ0n) is 15.6. The number of rotatable bonds is 9. The van der Waals surface area contributed by atoms with Crippen LogP contribution in [-0.2, 0) is 10.0 Å². The van der Waals surface area contributed by atoms with Crippen molar-refractivity contribution in [1.82, 2.24) is 5.32 Å². The molecule has 2 aromatic rings. The lowest BCUT2D eigenvalue weighted by atomic mass is 10.2. The van der Waals surface area contributed by atoms with Crippen LogP contribution in [0.4, 0.5) is 5.69 Å². The molecule has 0 radical (unpaired) electrons. The predicted molar refractivity (Wildman–Crippen MR) is 105 cm³/mol. The molecular weight excluding hydrogens is 368 g/mol. The van der Waals surface area contributed by atoms with E-state index < -0.39 is 10.0 Å². The molecule has 0 aliphatic carbocycles. The Morgan fingerprint density at radius 2 is 1.63 bits per heavy atom. The van der Waals surface area contributed by atoms with Crippen LogP contribution in [0.25, 0.3) is 0 Å². The van der Waals surface area contributed by atoms with Gasteiger partial charge in [0.25, 0.3) is 5.91 Å². The zero-order valence-corrected chi connectivity index (χ0v) is 16.5. The lowest BCUT2D eigenvalue weighted by Gasteiger charge is -2.18. The molecule has 7 nitrogen and oxygen atoms in total. The number of amides is 1. The van der Waals surface area contributed by atoms with Crippen molar-refractivity contribution in [3.05, 3.63) is 54.1 Å². The van der Waals surface area contributed by atoms with E-state index in [-0.39, 0.29) is 11.7 Å². The number of carbonyl (C=O) groups excluding carboxylic acids is 1. The van der Waals surface area contributed by atoms with Gasteiger partial charge in [0.1, 0.15) is 18.1 Å². The van der Waals surface area contributed by atoms with E-state index >= 15 is 0 Å². The first kappa shape index (κ1) is 20.6. The number of sulfonamides is 1. The second-order valence-electron chi connectivity index (χ2n) is 5.69. The minimum absolute atomic E-state index is 0.0138. The first-order chi connectivity index (χ1) is 12.9. The maximum Gasteiger partial charge on any atom is 0.251 e. The average molecular weight is 392 g/mol. The van der Waals surface area contributed by atoms with E-state index in [0.29, 0.717) is 30.2 Å². The molecule has 1 N–H and O–H groups in total. The van der Waals surface area contributed by atoms with Gasteiger partial charge in [0, 0.05) is 12.6 Å². The van der Waals surface area contributed by atoms with Crippen molar-refractivity contribution in [2.45, 2.75) is 6.92 Å². The largest absolute Gasteiger partial charge is 0.497 e. The number of nitrogens with zero attached hydrogens (tertiary/aromatic N) is 1. The van der Waals surface area contributed by atoms with Gasteiger partial charge in [0.05, 0.1) is 25.1 Å². The third-order valence-corrected chi connectivity index (χ3v) is 5.77. The Morgan fingerprint density at radius 1 is 1.04 bits per heavy atom. The minimum Gasteiger partial charge on any atom is -0.497 e. The number of nitrogens with one attached hydrogen (secondary N) is 1. The Kier molecular flexibility index (Phi) is 7.06. The average Bonchev–Trinajstić information content (AvgIpc) is 2.71. The Hall–Kier alpha value is -2.74. The van der Waals surface area contributed by atoms with Crippen LogP contribution in [0.3, 0.4) is 0 Å². The smallest absolute Gasteiger partial charge is 0.251 e. The molecule has 0 aromatic heterocycles. The van der Waals surface area contributed by atoms with Crippen molar-refractivity contribution in [1.29, 1.82) is 0 Å². The molecule has 0 saturated carbocycles. The van der Waals surface area contributed by atoms with Crippen molar-refractivity contribution in [2.24, 2.45) is 0 Å². The normalized spacial score (nSPS) is 10.9. The molecule has 0 aliphatic rings. The van der Waals surface area contributed by atoms with Gasteiger partial charge in [0.2, 0.25) is 10.0 Å². The fourth-order valence-corrected chi connectivity index (χ4v) is 3.11. The summed E-state index contributed by atoms with van der Waals surface area (Å²) < 4.78 is 35.6. The van der Waals surface area contributed by atoms with E-state index in [1.807, 2.05) is 0 Å². The molecule has 2 aromatic carbocycles. The standard InChI is InChI=1S/C19H24N2O5S/c1-4-27(23,24)21(2)16-7-5-15(6-8-16)19(22)20-13-14-26-18-11-9-17(25-3)10-12-18/h5-12H,4,13-14H2,1-3H3,(H,20,22). The molecule has 0 spiro atoms. The van der Waals surface area contributed by atoms with Crippen LogP contribution in [0.15, 0.2) is 48.5 Å². The first-order valence-electron chi connectivity index (χ1n) is 8.49. The van der Waals surface area contributed by atoms with Gasteiger partial charge >= 0.3 is 0 Å². The topological polar surface area (TPSA) is 84.9 Å². The number of ether oxygens (including phenoxy) is 2. The highest BCUT2D eigenvalue weighted by Gasteiger charge is 2.16. The van der Waals surface area contributed by atoms with E-state index in [2.05, 4.69) is 5.32 Å². The summed E-state index contributed by atoms with van der Waals surface area (Å²) in [6.45, 7) is 2.26. The van der Waals surface area contributed by atoms with Crippen molar-refractivity contribution in [3.63, 3.8) is 0 Å². The summed E-state index contributed by atoms with van der Waals surface area (Å²) in [6.07, 6.45) is 0. The highest BCUT2D eigenvalue weighted by atomic mass is 32.2. The Labute approximate surface area is 160 Å². The molecule has 0 heterocycles. The van der Waals surface area contributed by atoms with Crippen LogP contribution in [-0.4, -0.2) is 47.4 Å². The number of carbonyl (C=O) groups is 1. The van der Waals surface area contributed by atoms with Crippen molar-refractivity contribution >= 4 is 21.6 Å². The second-order valence-corrected chi connectivity index (χ2v) is 7.98. The molecule has 0 bridgehead atoms. The minimum atomic E-state index is -3.32. The maximum absolute atomic E-state index is 12.2. The molecule has 2 rings (SSSR count). The summed E-state index contributed by atoms with van der Waals surface area (Å²) in [5, 5.41) is 2.76. The first-order valence-corrected chi connectivity index (χ1v) is 10.1. The van der Waals surface area contributed by atoms with Crippen molar-refractivity contribution in [3.8, 4) is 11.5 Å². The molecule has 0 fully saturated rings. The number of anilines is 1. The Balaban J connectivity index is 1.83. The summed E-state index contributed by atoms with van der Waals surface area (Å²) in [6, 6.07) is 13.6. The van der Waals surface area contributed by atoms with Crippen molar-refractivity contribution < 1.29 is 22.7 Å². The van der Waals surface area contributed by atoms with Crippen LogP contribution >= 0.6 is 0 Å². The van der Waals surface area contributed by atoms with Crippen molar-refractivity contribution in [2.75, 3.05) is 37.4 Å². The van der Waals surface area contributed by atoms with E-state index in [0.717, 1.165) is 5.75 Å². The highest BCUT2D eigenvalue weighted by molar-refractivity contribution is 7.92. The molecule has 0 atom stereocenters. The van der Waals surface area contributed by atoms with Crippen LogP contribution in [0.1, 0.15) is 17.3 Å². The summed E-state index contributed by atoms with van der Waals surface area (Å²) >= 11 is 0. The maximum atomic E-state index is 12.2. The van der Waals surface area contributed by atoms with Gasteiger partial charge in [-0.3, -0.25) is 9.10 Å². The second kappa shape index (κ2) is 9.27. The summed E-state index contributed by atoms with van der Waals surface area (Å²) in [4.78, 5) is 12.2. The highest BCUT2D eigenvalue weighted by Crippen LogP contribution is 2.18. The van der Waals surface area contributed by atoms with Gasteiger partial charge in [-0.1, -0.05) is 0 Å². The van der Waals surface area contributed by atoms with Crippen LogP contribution in [0, 0.1) is 0 Å². The lowest BCUT2D eigenvalue weighted by molar-refractivity contribution is 0.0947. The quantitative estimate of drug-likeness (QED) is 0.662. The number of methoxy groups -OCH3 is 1.